The second kappa shape index (κ2) is 4.46. The first-order valence-corrected chi connectivity index (χ1v) is 4.96. The minimum atomic E-state index is 0.228. The predicted octanol–water partition coefficient (Wildman–Crippen LogP) is 1.97. The zero-order valence-electron chi connectivity index (χ0n) is 9.32. The first-order valence-electron chi connectivity index (χ1n) is 4.96. The topological polar surface area (TPSA) is 53.1 Å². The Morgan fingerprint density at radius 3 is 2.57 bits per heavy atom. The van der Waals surface area contributed by atoms with E-state index in [1.165, 1.54) is 0 Å². The third kappa shape index (κ3) is 2.73. The van der Waals surface area contributed by atoms with Crippen molar-refractivity contribution < 1.29 is 4.74 Å². The Kier molecular flexibility index (Phi) is 3.52. The average molecular weight is 197 g/mol. The Bertz CT molecular complexity index is 292. The molecule has 0 radical (unpaired) electrons. The molecule has 80 valence electrons. The molecule has 1 rings (SSSR count). The summed E-state index contributed by atoms with van der Waals surface area (Å²) >= 11 is 0. The monoisotopic (exact) mass is 197 g/mol. The fourth-order valence-electron chi connectivity index (χ4n) is 1.26. The van der Waals surface area contributed by atoms with Crippen LogP contribution in [0.15, 0.2) is 6.07 Å². The van der Waals surface area contributed by atoms with Gasteiger partial charge in [0, 0.05) is 12.1 Å². The fraction of sp³-hybridized carbons (Fsp3) is 0.700. The van der Waals surface area contributed by atoms with Crippen LogP contribution in [0.25, 0.3) is 0 Å². The molecule has 0 aliphatic carbocycles. The van der Waals surface area contributed by atoms with Crippen LogP contribution in [0, 0.1) is 0 Å². The summed E-state index contributed by atoms with van der Waals surface area (Å²) in [5.74, 6) is 0.557. The smallest absolute Gasteiger partial charge is 0.145 e. The van der Waals surface area contributed by atoms with Gasteiger partial charge in [-0.25, -0.2) is 0 Å². The van der Waals surface area contributed by atoms with Crippen LogP contribution < -0.4 is 5.73 Å². The Balaban J connectivity index is 2.74. The van der Waals surface area contributed by atoms with E-state index in [9.17, 15) is 0 Å². The molecule has 0 aliphatic heterocycles. The van der Waals surface area contributed by atoms with Crippen molar-refractivity contribution in [1.82, 2.24) is 9.78 Å². The van der Waals surface area contributed by atoms with Crippen molar-refractivity contribution in [3.05, 3.63) is 11.8 Å². The number of hydrogen-bond acceptors (Lipinski definition) is 3. The maximum Gasteiger partial charge on any atom is 0.145 e. The van der Waals surface area contributed by atoms with Gasteiger partial charge in [0.05, 0.1) is 18.4 Å². The van der Waals surface area contributed by atoms with E-state index in [2.05, 4.69) is 18.9 Å². The molecule has 4 heteroatoms. The lowest BCUT2D eigenvalue weighted by atomic mass is 10.3. The highest BCUT2D eigenvalue weighted by Gasteiger charge is 2.09. The SMILES string of the molecule is CC(C)OCc1cc(N)nn1C(C)C. The van der Waals surface area contributed by atoms with Crippen molar-refractivity contribution in [2.45, 2.75) is 46.4 Å². The number of ether oxygens (including phenoxy) is 1. The third-order valence-electron chi connectivity index (χ3n) is 1.89. The lowest BCUT2D eigenvalue weighted by Gasteiger charge is -2.12. The van der Waals surface area contributed by atoms with E-state index in [-0.39, 0.29) is 6.10 Å². The van der Waals surface area contributed by atoms with Crippen LogP contribution in [0.1, 0.15) is 39.4 Å². The summed E-state index contributed by atoms with van der Waals surface area (Å²) in [6.45, 7) is 8.75. The standard InChI is InChI=1S/C10H19N3O/c1-7(2)13-9(5-10(11)12-13)6-14-8(3)4/h5,7-8H,6H2,1-4H3,(H2,11,12). The van der Waals surface area contributed by atoms with E-state index in [1.807, 2.05) is 24.6 Å². The predicted molar refractivity (Wildman–Crippen MR) is 56.9 cm³/mol. The molecule has 1 aromatic rings. The summed E-state index contributed by atoms with van der Waals surface area (Å²) < 4.78 is 7.42. The van der Waals surface area contributed by atoms with Gasteiger partial charge >= 0.3 is 0 Å². The van der Waals surface area contributed by atoms with Gasteiger partial charge in [0.25, 0.3) is 0 Å². The van der Waals surface area contributed by atoms with Crippen LogP contribution in [0.2, 0.25) is 0 Å². The number of nitrogens with zero attached hydrogens (tertiary/aromatic N) is 2. The molecule has 0 saturated heterocycles. The highest BCUT2D eigenvalue weighted by Crippen LogP contribution is 2.14. The molecule has 1 heterocycles. The normalized spacial score (nSPS) is 11.6. The maximum absolute atomic E-state index is 5.64. The van der Waals surface area contributed by atoms with Gasteiger partial charge in [0.1, 0.15) is 5.82 Å². The Morgan fingerprint density at radius 1 is 1.43 bits per heavy atom. The second-order valence-electron chi connectivity index (χ2n) is 3.96. The van der Waals surface area contributed by atoms with Crippen molar-refractivity contribution in [2.75, 3.05) is 5.73 Å². The van der Waals surface area contributed by atoms with Gasteiger partial charge in [-0.05, 0) is 27.7 Å². The molecule has 0 unspecified atom stereocenters. The Morgan fingerprint density at radius 2 is 2.07 bits per heavy atom. The van der Waals surface area contributed by atoms with E-state index in [0.29, 0.717) is 18.5 Å². The zero-order chi connectivity index (χ0) is 10.7. The van der Waals surface area contributed by atoms with Gasteiger partial charge in [-0.15, -0.1) is 0 Å². The largest absolute Gasteiger partial charge is 0.382 e. The maximum atomic E-state index is 5.64. The number of rotatable bonds is 4. The van der Waals surface area contributed by atoms with Gasteiger partial charge in [0.2, 0.25) is 0 Å². The minimum Gasteiger partial charge on any atom is -0.382 e. The van der Waals surface area contributed by atoms with Crippen molar-refractivity contribution in [3.63, 3.8) is 0 Å². The van der Waals surface area contributed by atoms with Crippen LogP contribution in [-0.4, -0.2) is 15.9 Å². The first kappa shape index (κ1) is 11.0. The Hall–Kier alpha value is -1.03. The van der Waals surface area contributed by atoms with Crippen LogP contribution in [-0.2, 0) is 11.3 Å². The van der Waals surface area contributed by atoms with Crippen molar-refractivity contribution in [2.24, 2.45) is 0 Å². The molecule has 0 aromatic carbocycles. The quantitative estimate of drug-likeness (QED) is 0.802. The third-order valence-corrected chi connectivity index (χ3v) is 1.89. The van der Waals surface area contributed by atoms with Gasteiger partial charge in [-0.3, -0.25) is 4.68 Å². The van der Waals surface area contributed by atoms with Crippen molar-refractivity contribution in [1.29, 1.82) is 0 Å². The summed E-state index contributed by atoms with van der Waals surface area (Å²) in [4.78, 5) is 0. The number of nitrogens with two attached hydrogens (primary N) is 1. The molecule has 4 nitrogen and oxygen atoms in total. The number of nitrogen functional groups attached to an aromatic ring is 1. The average Bonchev–Trinajstić information content (AvgIpc) is 2.43. The number of hydrogen-bond donors (Lipinski definition) is 1. The molecule has 14 heavy (non-hydrogen) atoms. The molecular weight excluding hydrogens is 178 g/mol. The van der Waals surface area contributed by atoms with E-state index >= 15 is 0 Å². The van der Waals surface area contributed by atoms with E-state index < -0.39 is 0 Å². The molecule has 0 aliphatic rings. The van der Waals surface area contributed by atoms with E-state index in [0.717, 1.165) is 5.69 Å². The first-order chi connectivity index (χ1) is 6.50. The summed E-state index contributed by atoms with van der Waals surface area (Å²) in [7, 11) is 0. The van der Waals surface area contributed by atoms with Crippen LogP contribution in [0.3, 0.4) is 0 Å². The lowest BCUT2D eigenvalue weighted by Crippen LogP contribution is -2.11. The fourth-order valence-corrected chi connectivity index (χ4v) is 1.26. The van der Waals surface area contributed by atoms with Gasteiger partial charge in [0.15, 0.2) is 0 Å². The second-order valence-corrected chi connectivity index (χ2v) is 3.96. The van der Waals surface area contributed by atoms with Crippen LogP contribution in [0.5, 0.6) is 0 Å². The van der Waals surface area contributed by atoms with Gasteiger partial charge < -0.3 is 10.5 Å². The molecule has 1 aromatic heterocycles. The molecule has 0 spiro atoms. The number of anilines is 1. The highest BCUT2D eigenvalue weighted by atomic mass is 16.5. The molecule has 0 saturated carbocycles. The summed E-state index contributed by atoms with van der Waals surface area (Å²) in [5.41, 5.74) is 6.67. The van der Waals surface area contributed by atoms with Crippen molar-refractivity contribution >= 4 is 5.82 Å². The summed E-state index contributed by atoms with van der Waals surface area (Å²) in [6.07, 6.45) is 0.228. The molecule has 0 amide bonds. The molecular formula is C10H19N3O. The zero-order valence-corrected chi connectivity index (χ0v) is 9.32. The molecule has 2 N–H and O–H groups in total. The van der Waals surface area contributed by atoms with Gasteiger partial charge in [-0.1, -0.05) is 0 Å². The van der Waals surface area contributed by atoms with Crippen LogP contribution >= 0.6 is 0 Å². The molecule has 0 atom stereocenters. The Labute approximate surface area is 85.0 Å². The summed E-state index contributed by atoms with van der Waals surface area (Å²) in [6, 6.07) is 2.18. The molecule has 0 bridgehead atoms. The van der Waals surface area contributed by atoms with Gasteiger partial charge in [-0.2, -0.15) is 5.10 Å². The van der Waals surface area contributed by atoms with Crippen LogP contribution in [0.4, 0.5) is 5.82 Å². The highest BCUT2D eigenvalue weighted by molar-refractivity contribution is 5.29. The number of aromatic nitrogens is 2. The van der Waals surface area contributed by atoms with E-state index in [4.69, 9.17) is 10.5 Å². The minimum absolute atomic E-state index is 0.228. The lowest BCUT2D eigenvalue weighted by molar-refractivity contribution is 0.0605. The van der Waals surface area contributed by atoms with E-state index in [1.54, 1.807) is 0 Å². The molecule has 0 fully saturated rings. The van der Waals surface area contributed by atoms with Crippen molar-refractivity contribution in [3.8, 4) is 0 Å². The summed E-state index contributed by atoms with van der Waals surface area (Å²) in [5, 5.41) is 4.20.